The Kier molecular flexibility index (Phi) is 4.60. The molecule has 0 radical (unpaired) electrons. The largest absolute Gasteiger partial charge is 0.495 e. The van der Waals surface area contributed by atoms with E-state index in [9.17, 15) is 4.79 Å². The Morgan fingerprint density at radius 3 is 2.57 bits per heavy atom. The maximum absolute atomic E-state index is 12.3. The lowest BCUT2D eigenvalue weighted by Gasteiger charge is -2.12. The van der Waals surface area contributed by atoms with E-state index in [-0.39, 0.29) is 21.6 Å². The number of nitrogens with two attached hydrogens (primary N) is 1. The van der Waals surface area contributed by atoms with Crippen molar-refractivity contribution in [3.8, 4) is 5.75 Å². The Hall–Kier alpha value is -1.91. The zero-order valence-corrected chi connectivity index (χ0v) is 13.0. The maximum Gasteiger partial charge on any atom is 0.255 e. The molecule has 4 nitrogen and oxygen atoms in total. The smallest absolute Gasteiger partial charge is 0.255 e. The molecule has 0 unspecified atom stereocenters. The van der Waals surface area contributed by atoms with Crippen LogP contribution in [0.1, 0.15) is 15.9 Å². The highest BCUT2D eigenvalue weighted by atomic mass is 35.5. The van der Waals surface area contributed by atoms with E-state index < -0.39 is 0 Å². The maximum atomic E-state index is 12.3. The van der Waals surface area contributed by atoms with Crippen molar-refractivity contribution < 1.29 is 9.53 Å². The van der Waals surface area contributed by atoms with Crippen LogP contribution in [-0.2, 0) is 0 Å². The molecule has 1 amide bonds. The fourth-order valence-electron chi connectivity index (χ4n) is 1.86. The van der Waals surface area contributed by atoms with E-state index in [1.54, 1.807) is 6.07 Å². The molecule has 0 spiro atoms. The summed E-state index contributed by atoms with van der Waals surface area (Å²) in [5.74, 6) is 0.228. The van der Waals surface area contributed by atoms with Crippen LogP contribution in [0.15, 0.2) is 30.3 Å². The van der Waals surface area contributed by atoms with Gasteiger partial charge in [0.15, 0.2) is 0 Å². The van der Waals surface area contributed by atoms with Gasteiger partial charge in [0, 0.05) is 5.56 Å². The van der Waals surface area contributed by atoms with Gasteiger partial charge in [-0.2, -0.15) is 0 Å². The van der Waals surface area contributed by atoms with Gasteiger partial charge in [-0.25, -0.2) is 0 Å². The molecule has 110 valence electrons. The van der Waals surface area contributed by atoms with Crippen LogP contribution in [0.3, 0.4) is 0 Å². The van der Waals surface area contributed by atoms with Crippen LogP contribution < -0.4 is 15.8 Å². The molecule has 0 atom stereocenters. The minimum absolute atomic E-state index is 0.234. The summed E-state index contributed by atoms with van der Waals surface area (Å²) in [5.41, 5.74) is 7.87. The number of methoxy groups -OCH3 is 1. The molecule has 0 saturated heterocycles. The fourth-order valence-corrected chi connectivity index (χ4v) is 2.19. The lowest BCUT2D eigenvalue weighted by Crippen LogP contribution is -2.13. The zero-order valence-electron chi connectivity index (χ0n) is 11.5. The average molecular weight is 325 g/mol. The SMILES string of the molecule is COc1ccc(C)cc1NC(=O)c1cc(N)c(Cl)c(Cl)c1. The topological polar surface area (TPSA) is 64.3 Å². The van der Waals surface area contributed by atoms with E-state index >= 15 is 0 Å². The van der Waals surface area contributed by atoms with Crippen LogP contribution in [0, 0.1) is 6.92 Å². The monoisotopic (exact) mass is 324 g/mol. The van der Waals surface area contributed by atoms with Gasteiger partial charge >= 0.3 is 0 Å². The van der Waals surface area contributed by atoms with Crippen molar-refractivity contribution in [1.82, 2.24) is 0 Å². The molecule has 6 heteroatoms. The molecular weight excluding hydrogens is 311 g/mol. The van der Waals surface area contributed by atoms with Gasteiger partial charge in [-0.05, 0) is 36.8 Å². The Morgan fingerprint density at radius 1 is 1.24 bits per heavy atom. The molecule has 2 rings (SSSR count). The van der Waals surface area contributed by atoms with E-state index in [0.717, 1.165) is 5.56 Å². The first kappa shape index (κ1) is 15.5. The van der Waals surface area contributed by atoms with Crippen LogP contribution >= 0.6 is 23.2 Å². The van der Waals surface area contributed by atoms with Gasteiger partial charge in [0.2, 0.25) is 0 Å². The van der Waals surface area contributed by atoms with Gasteiger partial charge in [0.05, 0.1) is 28.5 Å². The summed E-state index contributed by atoms with van der Waals surface area (Å²) in [6.07, 6.45) is 0. The van der Waals surface area contributed by atoms with Gasteiger partial charge in [-0.1, -0.05) is 29.3 Å². The number of carbonyl (C=O) groups is 1. The van der Waals surface area contributed by atoms with Crippen molar-refractivity contribution in [3.63, 3.8) is 0 Å². The molecule has 0 aliphatic heterocycles. The number of benzene rings is 2. The van der Waals surface area contributed by atoms with Crippen molar-refractivity contribution in [1.29, 1.82) is 0 Å². The second kappa shape index (κ2) is 6.24. The molecule has 0 aliphatic carbocycles. The van der Waals surface area contributed by atoms with Crippen molar-refractivity contribution in [3.05, 3.63) is 51.5 Å². The number of anilines is 2. The minimum atomic E-state index is -0.343. The highest BCUT2D eigenvalue weighted by molar-refractivity contribution is 6.44. The Balaban J connectivity index is 2.32. The third-order valence-corrected chi connectivity index (χ3v) is 3.74. The lowest BCUT2D eigenvalue weighted by atomic mass is 10.1. The van der Waals surface area contributed by atoms with Crippen LogP contribution in [0.2, 0.25) is 10.0 Å². The third kappa shape index (κ3) is 3.40. The second-order valence-electron chi connectivity index (χ2n) is 4.52. The molecule has 0 heterocycles. The summed E-state index contributed by atoms with van der Waals surface area (Å²) >= 11 is 11.8. The summed E-state index contributed by atoms with van der Waals surface area (Å²) in [6.45, 7) is 1.92. The second-order valence-corrected chi connectivity index (χ2v) is 5.30. The third-order valence-electron chi connectivity index (χ3n) is 2.92. The van der Waals surface area contributed by atoms with Gasteiger partial charge in [-0.15, -0.1) is 0 Å². The molecule has 3 N–H and O–H groups in total. The number of nitrogens with one attached hydrogen (secondary N) is 1. The number of amides is 1. The molecule has 21 heavy (non-hydrogen) atoms. The number of halogens is 2. The lowest BCUT2D eigenvalue weighted by molar-refractivity contribution is 0.102. The molecule has 0 bridgehead atoms. The van der Waals surface area contributed by atoms with Crippen molar-refractivity contribution in [2.45, 2.75) is 6.92 Å². The summed E-state index contributed by atoms with van der Waals surface area (Å²) in [5, 5.41) is 3.24. The summed E-state index contributed by atoms with van der Waals surface area (Å²) in [4.78, 5) is 12.3. The van der Waals surface area contributed by atoms with Crippen LogP contribution in [0.4, 0.5) is 11.4 Å². The van der Waals surface area contributed by atoms with Crippen LogP contribution in [0.25, 0.3) is 0 Å². The molecule has 2 aromatic carbocycles. The first-order chi connectivity index (χ1) is 9.92. The predicted octanol–water partition coefficient (Wildman–Crippen LogP) is 4.14. The van der Waals surface area contributed by atoms with Gasteiger partial charge < -0.3 is 15.8 Å². The molecule has 0 fully saturated rings. The minimum Gasteiger partial charge on any atom is -0.495 e. The Morgan fingerprint density at radius 2 is 1.95 bits per heavy atom. The quantitative estimate of drug-likeness (QED) is 0.834. The fraction of sp³-hybridized carbons (Fsp3) is 0.133. The van der Waals surface area contributed by atoms with Crippen molar-refractivity contribution in [2.75, 3.05) is 18.2 Å². The summed E-state index contributed by atoms with van der Waals surface area (Å²) in [6, 6.07) is 8.45. The number of ether oxygens (including phenoxy) is 1. The van der Waals surface area contributed by atoms with E-state index in [0.29, 0.717) is 17.0 Å². The van der Waals surface area contributed by atoms with Gasteiger partial charge in [-0.3, -0.25) is 4.79 Å². The Bertz CT molecular complexity index is 679. The van der Waals surface area contributed by atoms with E-state index in [1.807, 2.05) is 19.1 Å². The normalized spacial score (nSPS) is 10.3. The number of aryl methyl sites for hydroxylation is 1. The van der Waals surface area contributed by atoms with Gasteiger partial charge in [0.25, 0.3) is 5.91 Å². The van der Waals surface area contributed by atoms with Crippen LogP contribution in [0.5, 0.6) is 5.75 Å². The number of carbonyl (C=O) groups excluding carboxylic acids is 1. The van der Waals surface area contributed by atoms with Crippen LogP contribution in [-0.4, -0.2) is 13.0 Å². The first-order valence-electron chi connectivity index (χ1n) is 6.13. The van der Waals surface area contributed by atoms with Gasteiger partial charge in [0.1, 0.15) is 5.75 Å². The number of rotatable bonds is 3. The molecule has 0 aromatic heterocycles. The average Bonchev–Trinajstić information content (AvgIpc) is 2.44. The molecule has 0 aliphatic rings. The molecule has 0 saturated carbocycles. The summed E-state index contributed by atoms with van der Waals surface area (Å²) in [7, 11) is 1.54. The number of hydrogen-bond acceptors (Lipinski definition) is 3. The zero-order chi connectivity index (χ0) is 15.6. The van der Waals surface area contributed by atoms with Crippen molar-refractivity contribution >= 4 is 40.5 Å². The summed E-state index contributed by atoms with van der Waals surface area (Å²) < 4.78 is 5.22. The number of nitrogen functional groups attached to an aromatic ring is 1. The van der Waals surface area contributed by atoms with E-state index in [2.05, 4.69) is 5.32 Å². The predicted molar refractivity (Wildman–Crippen MR) is 86.6 cm³/mol. The standard InChI is InChI=1S/C15H14Cl2N2O2/c1-8-3-4-13(21-2)12(5-8)19-15(20)9-6-10(16)14(17)11(18)7-9/h3-7H,18H2,1-2H3,(H,19,20). The Labute approximate surface area is 132 Å². The number of hydrogen-bond donors (Lipinski definition) is 2. The first-order valence-corrected chi connectivity index (χ1v) is 6.88. The molecular formula is C15H14Cl2N2O2. The molecule has 2 aromatic rings. The van der Waals surface area contributed by atoms with E-state index in [1.165, 1.54) is 19.2 Å². The highest BCUT2D eigenvalue weighted by Gasteiger charge is 2.13. The van der Waals surface area contributed by atoms with E-state index in [4.69, 9.17) is 33.7 Å². The van der Waals surface area contributed by atoms with Crippen molar-refractivity contribution in [2.24, 2.45) is 0 Å². The highest BCUT2D eigenvalue weighted by Crippen LogP contribution is 2.30.